The molecule has 1 amide bonds. The van der Waals surface area contributed by atoms with Gasteiger partial charge < -0.3 is 5.32 Å². The monoisotopic (exact) mass is 421 g/mol. The number of benzene rings is 1. The van der Waals surface area contributed by atoms with E-state index in [1.54, 1.807) is 24.4 Å². The standard InChI is InChI=1S/C18H11F4N5OS/c1-9-4-5-10(7-11(9)19)23-16(28)15-25-17-24-12(13-3-2-6-29-13)8-14(18(20,21)22)27(17)26-15/h2-8H,1H3,(H,23,28). The molecular formula is C18H11F4N5OS. The molecule has 0 radical (unpaired) electrons. The van der Waals surface area contributed by atoms with E-state index in [1.807, 2.05) is 0 Å². The molecule has 148 valence electrons. The van der Waals surface area contributed by atoms with Gasteiger partial charge in [-0.3, -0.25) is 4.79 Å². The van der Waals surface area contributed by atoms with E-state index >= 15 is 0 Å². The molecule has 0 spiro atoms. The molecule has 0 aliphatic rings. The van der Waals surface area contributed by atoms with Crippen molar-refractivity contribution in [3.8, 4) is 10.6 Å². The number of aryl methyl sites for hydroxylation is 1. The van der Waals surface area contributed by atoms with Crippen molar-refractivity contribution in [3.63, 3.8) is 0 Å². The van der Waals surface area contributed by atoms with Crippen molar-refractivity contribution in [1.82, 2.24) is 19.6 Å². The fourth-order valence-corrected chi connectivity index (χ4v) is 3.26. The molecule has 6 nitrogen and oxygen atoms in total. The highest BCUT2D eigenvalue weighted by Gasteiger charge is 2.36. The number of aromatic nitrogens is 4. The number of fused-ring (bicyclic) bond motifs is 1. The second kappa shape index (κ2) is 6.92. The van der Waals surface area contributed by atoms with Gasteiger partial charge in [0.15, 0.2) is 5.69 Å². The van der Waals surface area contributed by atoms with E-state index in [4.69, 9.17) is 0 Å². The predicted molar refractivity (Wildman–Crippen MR) is 98.2 cm³/mol. The zero-order chi connectivity index (χ0) is 20.8. The smallest absolute Gasteiger partial charge is 0.319 e. The fraction of sp³-hybridized carbons (Fsp3) is 0.111. The Labute approximate surface area is 164 Å². The average Bonchev–Trinajstić information content (AvgIpc) is 3.32. The van der Waals surface area contributed by atoms with Crippen LogP contribution in [0, 0.1) is 12.7 Å². The highest BCUT2D eigenvalue weighted by molar-refractivity contribution is 7.13. The average molecular weight is 421 g/mol. The van der Waals surface area contributed by atoms with Gasteiger partial charge in [-0.05, 0) is 42.1 Å². The van der Waals surface area contributed by atoms with Gasteiger partial charge in [0.1, 0.15) is 5.82 Å². The van der Waals surface area contributed by atoms with Crippen LogP contribution in [0.25, 0.3) is 16.3 Å². The molecule has 4 aromatic rings. The summed E-state index contributed by atoms with van der Waals surface area (Å²) >= 11 is 1.22. The van der Waals surface area contributed by atoms with Gasteiger partial charge in [0.2, 0.25) is 5.82 Å². The third kappa shape index (κ3) is 3.68. The lowest BCUT2D eigenvalue weighted by Gasteiger charge is -2.09. The molecule has 0 aliphatic heterocycles. The van der Waals surface area contributed by atoms with Crippen LogP contribution in [0.3, 0.4) is 0 Å². The van der Waals surface area contributed by atoms with E-state index in [0.717, 1.165) is 12.1 Å². The number of carbonyl (C=O) groups is 1. The number of nitrogens with one attached hydrogen (secondary N) is 1. The number of hydrogen-bond donors (Lipinski definition) is 1. The summed E-state index contributed by atoms with van der Waals surface area (Å²) in [7, 11) is 0. The molecule has 0 saturated heterocycles. The highest BCUT2D eigenvalue weighted by atomic mass is 32.1. The number of rotatable bonds is 3. The number of nitrogens with zero attached hydrogens (tertiary/aromatic N) is 4. The third-order valence-corrected chi connectivity index (χ3v) is 4.90. The normalized spacial score (nSPS) is 11.8. The molecule has 1 N–H and O–H groups in total. The maximum absolute atomic E-state index is 13.6. The Morgan fingerprint density at radius 3 is 2.62 bits per heavy atom. The van der Waals surface area contributed by atoms with Gasteiger partial charge in [-0.15, -0.1) is 16.4 Å². The molecular weight excluding hydrogens is 410 g/mol. The van der Waals surface area contributed by atoms with Crippen molar-refractivity contribution in [1.29, 1.82) is 0 Å². The number of carbonyl (C=O) groups excluding carboxylic acids is 1. The van der Waals surface area contributed by atoms with Crippen molar-refractivity contribution < 1.29 is 22.4 Å². The predicted octanol–water partition coefficient (Wildman–Crippen LogP) is 4.57. The van der Waals surface area contributed by atoms with Gasteiger partial charge in [-0.1, -0.05) is 12.1 Å². The van der Waals surface area contributed by atoms with Crippen LogP contribution in [0.5, 0.6) is 0 Å². The summed E-state index contributed by atoms with van der Waals surface area (Å²) in [5.74, 6) is -2.31. The summed E-state index contributed by atoms with van der Waals surface area (Å²) in [6.45, 7) is 1.56. The van der Waals surface area contributed by atoms with Crippen LogP contribution in [0.2, 0.25) is 0 Å². The number of halogens is 4. The Kier molecular flexibility index (Phi) is 4.53. The maximum atomic E-state index is 13.6. The molecule has 0 aliphatic carbocycles. The van der Waals surface area contributed by atoms with E-state index in [9.17, 15) is 22.4 Å². The maximum Gasteiger partial charge on any atom is 0.433 e. The first-order valence-electron chi connectivity index (χ1n) is 8.19. The minimum absolute atomic E-state index is 0.0692. The van der Waals surface area contributed by atoms with E-state index in [0.29, 0.717) is 15.0 Å². The largest absolute Gasteiger partial charge is 0.433 e. The SMILES string of the molecule is Cc1ccc(NC(=O)c2nc3nc(-c4cccs4)cc(C(F)(F)F)n3n2)cc1F. The molecule has 11 heteroatoms. The Bertz CT molecular complexity index is 1220. The van der Waals surface area contributed by atoms with E-state index in [2.05, 4.69) is 20.4 Å². The quantitative estimate of drug-likeness (QED) is 0.492. The summed E-state index contributed by atoms with van der Waals surface area (Å²) in [6, 6.07) is 8.17. The Morgan fingerprint density at radius 2 is 1.97 bits per heavy atom. The van der Waals surface area contributed by atoms with Crippen LogP contribution >= 0.6 is 11.3 Å². The van der Waals surface area contributed by atoms with Gasteiger partial charge in [-0.25, -0.2) is 9.37 Å². The zero-order valence-corrected chi connectivity index (χ0v) is 15.5. The van der Waals surface area contributed by atoms with Gasteiger partial charge in [-0.2, -0.15) is 22.7 Å². The van der Waals surface area contributed by atoms with Crippen LogP contribution in [-0.2, 0) is 6.18 Å². The lowest BCUT2D eigenvalue weighted by molar-refractivity contribution is -0.142. The van der Waals surface area contributed by atoms with Gasteiger partial charge in [0.25, 0.3) is 11.7 Å². The Morgan fingerprint density at radius 1 is 1.17 bits per heavy atom. The van der Waals surface area contributed by atoms with Gasteiger partial charge >= 0.3 is 6.18 Å². The Hall–Kier alpha value is -3.34. The van der Waals surface area contributed by atoms with Crippen molar-refractivity contribution in [2.45, 2.75) is 13.1 Å². The minimum Gasteiger partial charge on any atom is -0.319 e. The minimum atomic E-state index is -4.74. The zero-order valence-electron chi connectivity index (χ0n) is 14.7. The van der Waals surface area contributed by atoms with Crippen LogP contribution in [0.4, 0.5) is 23.2 Å². The van der Waals surface area contributed by atoms with E-state index < -0.39 is 29.4 Å². The molecule has 4 rings (SSSR count). The van der Waals surface area contributed by atoms with Crippen LogP contribution in [0.1, 0.15) is 21.9 Å². The third-order valence-electron chi connectivity index (χ3n) is 4.01. The summed E-state index contributed by atoms with van der Waals surface area (Å²) in [6.07, 6.45) is -4.74. The number of thiophene rings is 1. The Balaban J connectivity index is 1.76. The second-order valence-electron chi connectivity index (χ2n) is 6.07. The van der Waals surface area contributed by atoms with Gasteiger partial charge in [0, 0.05) is 5.69 Å². The molecule has 3 aromatic heterocycles. The van der Waals surface area contributed by atoms with E-state index in [-0.39, 0.29) is 17.2 Å². The fourth-order valence-electron chi connectivity index (χ4n) is 2.57. The number of amides is 1. The summed E-state index contributed by atoms with van der Waals surface area (Å²) in [5.41, 5.74) is -0.534. The van der Waals surface area contributed by atoms with E-state index in [1.165, 1.54) is 23.5 Å². The second-order valence-corrected chi connectivity index (χ2v) is 7.01. The highest BCUT2D eigenvalue weighted by Crippen LogP contribution is 2.33. The molecule has 0 atom stereocenters. The first kappa shape index (κ1) is 19.0. The molecule has 1 aromatic carbocycles. The van der Waals surface area contributed by atoms with Crippen molar-refractivity contribution in [3.05, 3.63) is 64.7 Å². The molecule has 0 fully saturated rings. The number of alkyl halides is 3. The summed E-state index contributed by atoms with van der Waals surface area (Å²) < 4.78 is 54.7. The summed E-state index contributed by atoms with van der Waals surface area (Å²) in [4.78, 5) is 20.8. The first-order valence-corrected chi connectivity index (χ1v) is 9.07. The van der Waals surface area contributed by atoms with Crippen LogP contribution < -0.4 is 5.32 Å². The molecule has 3 heterocycles. The topological polar surface area (TPSA) is 72.2 Å². The molecule has 0 saturated carbocycles. The molecule has 0 bridgehead atoms. The van der Waals surface area contributed by atoms with Crippen LogP contribution in [-0.4, -0.2) is 25.5 Å². The summed E-state index contributed by atoms with van der Waals surface area (Å²) in [5, 5.41) is 7.73. The molecule has 0 unspecified atom stereocenters. The van der Waals surface area contributed by atoms with Gasteiger partial charge in [0.05, 0.1) is 10.6 Å². The number of hydrogen-bond acceptors (Lipinski definition) is 5. The van der Waals surface area contributed by atoms with Crippen molar-refractivity contribution in [2.24, 2.45) is 0 Å². The van der Waals surface area contributed by atoms with Crippen molar-refractivity contribution >= 4 is 28.7 Å². The molecule has 29 heavy (non-hydrogen) atoms. The first-order chi connectivity index (χ1) is 13.7. The van der Waals surface area contributed by atoms with Crippen molar-refractivity contribution in [2.75, 3.05) is 5.32 Å². The van der Waals surface area contributed by atoms with Crippen LogP contribution in [0.15, 0.2) is 41.8 Å². The lowest BCUT2D eigenvalue weighted by Crippen LogP contribution is -2.16. The lowest BCUT2D eigenvalue weighted by atomic mass is 10.2. The number of anilines is 1.